The molecule has 2 aliphatic carbocycles. The van der Waals surface area contributed by atoms with Crippen molar-refractivity contribution in [2.45, 2.75) is 159 Å². The van der Waals surface area contributed by atoms with Crippen LogP contribution in [-0.2, 0) is 59.0 Å². The molecule has 1 aromatic rings. The van der Waals surface area contributed by atoms with Gasteiger partial charge in [-0.05, 0) is 113 Å². The Hall–Kier alpha value is -4.78. The molecule has 2 unspecified atom stereocenters. The first-order chi connectivity index (χ1) is 33.6. The zero-order valence-corrected chi connectivity index (χ0v) is 43.0. The van der Waals surface area contributed by atoms with E-state index in [1.807, 2.05) is 58.1 Å². The quantitative estimate of drug-likeness (QED) is 0.150. The van der Waals surface area contributed by atoms with Crippen LogP contribution in [0, 0.1) is 42.4 Å². The number of benzene rings is 1. The van der Waals surface area contributed by atoms with E-state index in [0.29, 0.717) is 79.3 Å². The van der Waals surface area contributed by atoms with Crippen molar-refractivity contribution in [2.75, 3.05) is 24.2 Å². The fraction of sp³-hybridized carbons (Fsp3) is 0.654. The van der Waals surface area contributed by atoms with Gasteiger partial charge in [0, 0.05) is 51.1 Å². The van der Waals surface area contributed by atoms with Gasteiger partial charge in [0.2, 0.25) is 17.7 Å². The highest BCUT2D eigenvalue weighted by molar-refractivity contribution is 8.00. The number of carbonyl (C=O) groups excluding carboxylic acids is 8. The zero-order chi connectivity index (χ0) is 51.1. The molecule has 17 nitrogen and oxygen atoms in total. The molecule has 2 N–H and O–H groups in total. The van der Waals surface area contributed by atoms with E-state index in [1.165, 1.54) is 21.6 Å². The monoisotopic (exact) mass is 1020 g/mol. The third-order valence-corrected chi connectivity index (χ3v) is 18.0. The lowest BCUT2D eigenvalue weighted by Gasteiger charge is -2.41. The number of alkyl carbamates (subject to hydrolysis) is 1. The van der Waals surface area contributed by atoms with Gasteiger partial charge >= 0.3 is 18.0 Å². The molecular weight excluding hydrogens is 956 g/mol. The number of aliphatic hydroxyl groups is 1. The topological polar surface area (TPSA) is 219 Å². The van der Waals surface area contributed by atoms with E-state index < -0.39 is 88.4 Å². The Morgan fingerprint density at radius 1 is 0.887 bits per heavy atom. The lowest BCUT2D eigenvalue weighted by molar-refractivity contribution is -0.201. The smallest absolute Gasteiger partial charge is 0.409 e. The largest absolute Gasteiger partial charge is 0.458 e. The normalized spacial score (nSPS) is 36.1. The van der Waals surface area contributed by atoms with Gasteiger partial charge in [0.25, 0.3) is 11.8 Å². The third kappa shape index (κ3) is 11.6. The Balaban J connectivity index is 0.873. The molecule has 19 heteroatoms. The summed E-state index contributed by atoms with van der Waals surface area (Å²) in [5.41, 5.74) is 0.545. The Bertz CT molecular complexity index is 2360. The number of anilines is 1. The van der Waals surface area contributed by atoms with Crippen LogP contribution >= 0.6 is 23.4 Å². The van der Waals surface area contributed by atoms with Crippen molar-refractivity contribution >= 4 is 76.6 Å². The van der Waals surface area contributed by atoms with Gasteiger partial charge in [0.05, 0.1) is 40.3 Å². The second kappa shape index (κ2) is 21.4. The van der Waals surface area contributed by atoms with E-state index in [0.717, 1.165) is 16.7 Å². The molecule has 8 atom stereocenters. The fourth-order valence-electron chi connectivity index (χ4n) is 11.2. The van der Waals surface area contributed by atoms with Crippen molar-refractivity contribution < 1.29 is 62.5 Å². The zero-order valence-electron chi connectivity index (χ0n) is 41.4. The number of likely N-dealkylation sites (tertiary alicyclic amines) is 1. The average Bonchev–Trinajstić information content (AvgIpc) is 3.84. The van der Waals surface area contributed by atoms with Crippen molar-refractivity contribution in [2.24, 2.45) is 35.5 Å². The fourth-order valence-corrected chi connectivity index (χ4v) is 12.8. The highest BCUT2D eigenvalue weighted by atomic mass is 35.5. The molecule has 0 spiro atoms. The van der Waals surface area contributed by atoms with E-state index in [4.69, 9.17) is 30.6 Å². The average molecular weight is 1020 g/mol. The summed E-state index contributed by atoms with van der Waals surface area (Å²) in [7, 11) is 1.65. The van der Waals surface area contributed by atoms with Crippen LogP contribution in [0.3, 0.4) is 0 Å². The number of nitrogens with one attached hydrogen (secondary N) is 1. The number of ether oxygens (including phenoxy) is 3. The molecule has 4 saturated heterocycles. The SMILES string of the molecule is C/C1=C\C=C\[C@@H](C)[C@@]2(O)CC(OC(=O)N2)[C@@H](C)[C@@H]2O[C@@]2(C)[C@@H](OC(=O)C2CCC(CSC3CC(=O)N(CC4CCC(C(=O)ON5C(=O)CCC5=O)CC4)C3=O)CC2)CC(=O)N(C)c2cc(cc(C)c2Cl)C1. The van der Waals surface area contributed by atoms with E-state index in [1.54, 1.807) is 14.0 Å². The lowest BCUT2D eigenvalue weighted by Crippen LogP contribution is -2.60. The molecule has 386 valence electrons. The van der Waals surface area contributed by atoms with Gasteiger partial charge in [-0.1, -0.05) is 55.3 Å². The maximum Gasteiger partial charge on any atom is 0.409 e. The summed E-state index contributed by atoms with van der Waals surface area (Å²) in [6.07, 6.45) is 7.76. The molecule has 2 saturated carbocycles. The van der Waals surface area contributed by atoms with Crippen LogP contribution in [0.4, 0.5) is 10.5 Å². The number of imide groups is 2. The second-order valence-electron chi connectivity index (χ2n) is 21.3. The number of amides is 6. The number of allylic oxidation sites excluding steroid dienone is 3. The third-order valence-electron chi connectivity index (χ3n) is 16.1. The number of rotatable bonds is 9. The van der Waals surface area contributed by atoms with Gasteiger partial charge in [0.1, 0.15) is 23.5 Å². The molecule has 1 aromatic carbocycles. The first-order valence-electron chi connectivity index (χ1n) is 25.2. The second-order valence-corrected chi connectivity index (χ2v) is 22.9. The Morgan fingerprint density at radius 3 is 2.21 bits per heavy atom. The summed E-state index contributed by atoms with van der Waals surface area (Å²) < 4.78 is 18.5. The molecule has 0 radical (unpaired) electrons. The first-order valence-corrected chi connectivity index (χ1v) is 26.6. The van der Waals surface area contributed by atoms with Crippen LogP contribution in [0.5, 0.6) is 0 Å². The predicted octanol–water partition coefficient (Wildman–Crippen LogP) is 6.67. The van der Waals surface area contributed by atoms with Crippen molar-refractivity contribution in [1.82, 2.24) is 15.3 Å². The molecule has 6 fully saturated rings. The van der Waals surface area contributed by atoms with E-state index in [2.05, 4.69) is 5.32 Å². The molecule has 4 bridgehead atoms. The number of nitrogens with zero attached hydrogens (tertiary/aromatic N) is 3. The minimum absolute atomic E-state index is 0.0245. The number of aryl methyl sites for hydroxylation is 1. The number of epoxide rings is 1. The molecule has 6 amide bonds. The van der Waals surface area contributed by atoms with Gasteiger partial charge in [-0.25, -0.2) is 9.59 Å². The summed E-state index contributed by atoms with van der Waals surface area (Å²) in [6.45, 7) is 9.64. The van der Waals surface area contributed by atoms with E-state index in [-0.39, 0.29) is 68.2 Å². The molecule has 71 heavy (non-hydrogen) atoms. The highest BCUT2D eigenvalue weighted by Gasteiger charge is 2.64. The molecule has 5 aliphatic heterocycles. The molecule has 8 rings (SSSR count). The number of halogens is 1. The maximum atomic E-state index is 14.3. The Morgan fingerprint density at radius 2 is 1.54 bits per heavy atom. The molecular formula is C52H67ClN4O13S. The van der Waals surface area contributed by atoms with E-state index in [9.17, 15) is 43.5 Å². The summed E-state index contributed by atoms with van der Waals surface area (Å²) >= 11 is 8.33. The summed E-state index contributed by atoms with van der Waals surface area (Å²) in [6, 6.07) is 3.87. The minimum atomic E-state index is -1.61. The van der Waals surface area contributed by atoms with Crippen molar-refractivity contribution in [3.8, 4) is 0 Å². The van der Waals surface area contributed by atoms with Crippen LogP contribution in [0.1, 0.15) is 122 Å². The molecule has 7 aliphatic rings. The van der Waals surface area contributed by atoms with Gasteiger partial charge in [-0.15, -0.1) is 16.8 Å². The lowest BCUT2D eigenvalue weighted by atomic mass is 9.81. The van der Waals surface area contributed by atoms with Gasteiger partial charge in [-0.3, -0.25) is 39.0 Å². The number of hydroxylamine groups is 2. The summed E-state index contributed by atoms with van der Waals surface area (Å²) in [5.74, 6) is -3.81. The number of fused-ring (bicyclic) bond motifs is 5. The van der Waals surface area contributed by atoms with Crippen LogP contribution in [0.15, 0.2) is 35.9 Å². The van der Waals surface area contributed by atoms with Crippen LogP contribution in [0.2, 0.25) is 5.02 Å². The maximum absolute atomic E-state index is 14.3. The summed E-state index contributed by atoms with van der Waals surface area (Å²) in [4.78, 5) is 113. The number of thioether (sulfide) groups is 1. The highest BCUT2D eigenvalue weighted by Crippen LogP contribution is 2.50. The van der Waals surface area contributed by atoms with Crippen LogP contribution in [0.25, 0.3) is 0 Å². The predicted molar refractivity (Wildman–Crippen MR) is 261 cm³/mol. The number of hydrogen-bond acceptors (Lipinski definition) is 14. The number of hydrogen-bond donors (Lipinski definition) is 2. The number of carbonyl (C=O) groups is 8. The number of esters is 1. The van der Waals surface area contributed by atoms with Crippen molar-refractivity contribution in [3.63, 3.8) is 0 Å². The Kier molecular flexibility index (Phi) is 15.8. The molecule has 0 aromatic heterocycles. The summed E-state index contributed by atoms with van der Waals surface area (Å²) in [5, 5.41) is 14.9. The Labute approximate surface area is 424 Å². The van der Waals surface area contributed by atoms with E-state index >= 15 is 0 Å². The standard InChI is InChI=1S/C52H67ClN4O13S/c1-28-8-7-9-30(3)52(66)25-38(67-50(65)54-52)31(4)46-51(5,69-46)40(24-43(60)55(6)37-22-34(20-28)21-29(2)45(37)53)68-48(63)35-16-12-33(13-17-35)27-71-39-23-44(61)56(47(39)62)26-32-10-14-36(15-11-32)49(64)70-57-41(58)18-19-42(57)59/h7-9,21-22,30-33,35-36,38-40,46,66H,10-20,23-27H2,1-6H3,(H,54,65)/b9-7+,28-8+/t30-,31-,32?,33?,35?,36?,38?,39?,40+,46+,51+,52+/m1/s1. The van der Waals surface area contributed by atoms with Crippen LogP contribution < -0.4 is 10.2 Å². The van der Waals surface area contributed by atoms with Gasteiger partial charge in [-0.2, -0.15) is 0 Å². The first kappa shape index (κ1) is 52.5. The van der Waals surface area contributed by atoms with Crippen molar-refractivity contribution in [3.05, 3.63) is 52.1 Å². The van der Waals surface area contributed by atoms with Gasteiger partial charge < -0.3 is 29.1 Å². The van der Waals surface area contributed by atoms with Crippen molar-refractivity contribution in [1.29, 1.82) is 0 Å². The minimum Gasteiger partial charge on any atom is -0.458 e. The molecule has 5 heterocycles. The van der Waals surface area contributed by atoms with Crippen LogP contribution in [-0.4, -0.2) is 117 Å². The van der Waals surface area contributed by atoms with Gasteiger partial charge in [0.15, 0.2) is 0 Å².